The van der Waals surface area contributed by atoms with Crippen LogP contribution in [0.3, 0.4) is 0 Å². The lowest BCUT2D eigenvalue weighted by molar-refractivity contribution is -0.137. The molecule has 0 radical (unpaired) electrons. The molecular weight excluding hydrogens is 312 g/mol. The van der Waals surface area contributed by atoms with Gasteiger partial charge >= 0.3 is 0 Å². The van der Waals surface area contributed by atoms with Gasteiger partial charge in [-0.05, 0) is 17.7 Å². The number of nitrogens with one attached hydrogen (secondary N) is 1. The number of halogens is 1. The molecule has 0 saturated carbocycles. The number of para-hydroxylation sites is 1. The number of benzene rings is 2. The first-order valence-electron chi connectivity index (χ1n) is 7.56. The summed E-state index contributed by atoms with van der Waals surface area (Å²) in [5, 5.41) is 3.16. The minimum atomic E-state index is -0.0318. The van der Waals surface area contributed by atoms with Crippen molar-refractivity contribution < 1.29 is 9.53 Å². The third-order valence-electron chi connectivity index (χ3n) is 3.81. The van der Waals surface area contributed by atoms with E-state index >= 15 is 0 Å². The zero-order valence-electron chi connectivity index (χ0n) is 12.9. The number of nitrogens with zero attached hydrogens (tertiary/aromatic N) is 1. The number of carbonyl (C=O) groups is 1. The van der Waals surface area contributed by atoms with Gasteiger partial charge in [-0.3, -0.25) is 4.79 Å². The van der Waals surface area contributed by atoms with E-state index in [9.17, 15) is 4.79 Å². The van der Waals surface area contributed by atoms with Crippen LogP contribution in [0.1, 0.15) is 11.7 Å². The molecule has 23 heavy (non-hydrogen) atoms. The lowest BCUT2D eigenvalue weighted by atomic mass is 10.1. The highest BCUT2D eigenvalue weighted by Gasteiger charge is 2.24. The molecule has 1 N–H and O–H groups in total. The normalized spacial score (nSPS) is 17.2. The Hall–Kier alpha value is -2.04. The first-order valence-corrected chi connectivity index (χ1v) is 7.56. The van der Waals surface area contributed by atoms with Gasteiger partial charge in [-0.1, -0.05) is 48.5 Å². The van der Waals surface area contributed by atoms with E-state index in [1.807, 2.05) is 65.6 Å². The van der Waals surface area contributed by atoms with Crippen LogP contribution in [0.5, 0.6) is 0 Å². The van der Waals surface area contributed by atoms with Crippen LogP contribution >= 0.6 is 12.4 Å². The topological polar surface area (TPSA) is 41.6 Å². The van der Waals surface area contributed by atoms with Gasteiger partial charge in [0.15, 0.2) is 0 Å². The second kappa shape index (κ2) is 8.56. The molecule has 1 saturated heterocycles. The lowest BCUT2D eigenvalue weighted by Gasteiger charge is -2.33. The highest BCUT2D eigenvalue weighted by Crippen LogP contribution is 2.21. The fourth-order valence-electron chi connectivity index (χ4n) is 2.59. The van der Waals surface area contributed by atoms with Crippen LogP contribution in [-0.2, 0) is 9.53 Å². The fourth-order valence-corrected chi connectivity index (χ4v) is 2.59. The monoisotopic (exact) mass is 332 g/mol. The third kappa shape index (κ3) is 4.71. The second-order valence-corrected chi connectivity index (χ2v) is 5.33. The second-order valence-electron chi connectivity index (χ2n) is 5.33. The predicted molar refractivity (Wildman–Crippen MR) is 93.9 cm³/mol. The Morgan fingerprint density at radius 3 is 2.43 bits per heavy atom. The van der Waals surface area contributed by atoms with Gasteiger partial charge < -0.3 is 15.0 Å². The van der Waals surface area contributed by atoms with Crippen LogP contribution in [0.15, 0.2) is 60.7 Å². The molecule has 4 nitrogen and oxygen atoms in total. The summed E-state index contributed by atoms with van der Waals surface area (Å²) in [6, 6.07) is 19.8. The van der Waals surface area contributed by atoms with Crippen LogP contribution in [0.4, 0.5) is 5.69 Å². The number of hydrogen-bond acceptors (Lipinski definition) is 3. The molecule has 3 rings (SSSR count). The summed E-state index contributed by atoms with van der Waals surface area (Å²) >= 11 is 0. The maximum Gasteiger partial charge on any atom is 0.242 e. The van der Waals surface area contributed by atoms with Crippen LogP contribution in [0, 0.1) is 0 Å². The van der Waals surface area contributed by atoms with Gasteiger partial charge in [0, 0.05) is 12.2 Å². The molecule has 0 aromatic heterocycles. The molecule has 1 atom stereocenters. The number of morpholine rings is 1. The Kier molecular flexibility index (Phi) is 6.44. The van der Waals surface area contributed by atoms with Crippen molar-refractivity contribution in [3.05, 3.63) is 66.2 Å². The largest absolute Gasteiger partial charge is 0.376 e. The SMILES string of the molecule is Cl.O=C(CNc1ccccc1)N1CCOC(c2ccccc2)C1. The highest BCUT2D eigenvalue weighted by molar-refractivity contribution is 5.85. The van der Waals surface area contributed by atoms with Gasteiger partial charge in [-0.25, -0.2) is 0 Å². The number of carbonyl (C=O) groups excluding carboxylic acids is 1. The van der Waals surface area contributed by atoms with Gasteiger partial charge in [-0.15, -0.1) is 12.4 Å². The number of hydrogen-bond donors (Lipinski definition) is 1. The molecular formula is C18H21ClN2O2. The van der Waals surface area contributed by atoms with Crippen LogP contribution < -0.4 is 5.32 Å². The Morgan fingerprint density at radius 1 is 1.09 bits per heavy atom. The van der Waals surface area contributed by atoms with Crippen LogP contribution in [0.2, 0.25) is 0 Å². The average molecular weight is 333 g/mol. The zero-order chi connectivity index (χ0) is 15.2. The zero-order valence-corrected chi connectivity index (χ0v) is 13.7. The Balaban J connectivity index is 0.00000192. The molecule has 0 aliphatic carbocycles. The summed E-state index contributed by atoms with van der Waals surface area (Å²) in [7, 11) is 0. The van der Waals surface area contributed by atoms with E-state index in [1.54, 1.807) is 0 Å². The van der Waals surface area contributed by atoms with Crippen molar-refractivity contribution in [2.75, 3.05) is 31.6 Å². The molecule has 0 bridgehead atoms. The standard InChI is InChI=1S/C18H20N2O2.ClH/c21-18(13-19-16-9-5-2-6-10-16)20-11-12-22-17(14-20)15-7-3-1-4-8-15;/h1-10,17,19H,11-14H2;1H. The molecule has 1 amide bonds. The molecule has 1 heterocycles. The number of anilines is 1. The van der Waals surface area contributed by atoms with E-state index in [0.717, 1.165) is 11.3 Å². The average Bonchev–Trinajstić information content (AvgIpc) is 2.61. The number of rotatable bonds is 4. The first-order chi connectivity index (χ1) is 10.8. The van der Waals surface area contributed by atoms with Crippen molar-refractivity contribution >= 4 is 24.0 Å². The van der Waals surface area contributed by atoms with Gasteiger partial charge in [0.2, 0.25) is 5.91 Å². The van der Waals surface area contributed by atoms with Crippen molar-refractivity contribution in [1.82, 2.24) is 4.90 Å². The summed E-state index contributed by atoms with van der Waals surface area (Å²) in [5.41, 5.74) is 2.08. The van der Waals surface area contributed by atoms with E-state index < -0.39 is 0 Å². The molecule has 2 aromatic rings. The van der Waals surface area contributed by atoms with Crippen molar-refractivity contribution in [3.63, 3.8) is 0 Å². The maximum absolute atomic E-state index is 12.4. The van der Waals surface area contributed by atoms with Gasteiger partial charge in [-0.2, -0.15) is 0 Å². The molecule has 0 spiro atoms. The van der Waals surface area contributed by atoms with E-state index in [0.29, 0.717) is 26.2 Å². The van der Waals surface area contributed by atoms with E-state index in [4.69, 9.17) is 4.74 Å². The number of amides is 1. The minimum absolute atomic E-state index is 0. The van der Waals surface area contributed by atoms with E-state index in [2.05, 4.69) is 5.32 Å². The van der Waals surface area contributed by atoms with Gasteiger partial charge in [0.25, 0.3) is 0 Å². The third-order valence-corrected chi connectivity index (χ3v) is 3.81. The smallest absolute Gasteiger partial charge is 0.242 e. The van der Waals surface area contributed by atoms with Crippen molar-refractivity contribution in [2.24, 2.45) is 0 Å². The molecule has 1 aliphatic heterocycles. The first kappa shape index (κ1) is 17.3. The van der Waals surface area contributed by atoms with Crippen molar-refractivity contribution in [2.45, 2.75) is 6.10 Å². The lowest BCUT2D eigenvalue weighted by Crippen LogP contribution is -2.44. The van der Waals surface area contributed by atoms with E-state index in [1.165, 1.54) is 0 Å². The highest BCUT2D eigenvalue weighted by atomic mass is 35.5. The summed E-state index contributed by atoms with van der Waals surface area (Å²) in [6.07, 6.45) is -0.0318. The van der Waals surface area contributed by atoms with E-state index in [-0.39, 0.29) is 24.4 Å². The quantitative estimate of drug-likeness (QED) is 0.935. The van der Waals surface area contributed by atoms with Crippen LogP contribution in [-0.4, -0.2) is 37.0 Å². The molecule has 2 aromatic carbocycles. The number of ether oxygens (including phenoxy) is 1. The summed E-state index contributed by atoms with van der Waals surface area (Å²) in [4.78, 5) is 14.2. The Morgan fingerprint density at radius 2 is 1.74 bits per heavy atom. The molecule has 1 aliphatic rings. The maximum atomic E-state index is 12.4. The summed E-state index contributed by atoms with van der Waals surface area (Å²) in [6.45, 7) is 2.15. The molecule has 5 heteroatoms. The van der Waals surface area contributed by atoms with Crippen molar-refractivity contribution in [1.29, 1.82) is 0 Å². The summed E-state index contributed by atoms with van der Waals surface area (Å²) in [5.74, 6) is 0.105. The molecule has 1 fully saturated rings. The fraction of sp³-hybridized carbons (Fsp3) is 0.278. The van der Waals surface area contributed by atoms with Gasteiger partial charge in [0.1, 0.15) is 6.10 Å². The van der Waals surface area contributed by atoms with Crippen LogP contribution in [0.25, 0.3) is 0 Å². The Labute approximate surface area is 142 Å². The Bertz CT molecular complexity index is 607. The summed E-state index contributed by atoms with van der Waals surface area (Å²) < 4.78 is 5.79. The molecule has 1 unspecified atom stereocenters. The van der Waals surface area contributed by atoms with Gasteiger partial charge in [0.05, 0.1) is 19.7 Å². The predicted octanol–water partition coefficient (Wildman–Crippen LogP) is 3.12. The molecule has 122 valence electrons. The minimum Gasteiger partial charge on any atom is -0.376 e. The van der Waals surface area contributed by atoms with Crippen molar-refractivity contribution in [3.8, 4) is 0 Å².